The minimum atomic E-state index is -1.28. The Bertz CT molecular complexity index is 653. The smallest absolute Gasteiger partial charge is 0.408 e. The molecule has 8 heteroatoms. The maximum atomic E-state index is 11.2. The molecule has 0 saturated carbocycles. The Morgan fingerprint density at radius 1 is 1.41 bits per heavy atom. The lowest BCUT2D eigenvalue weighted by Gasteiger charge is -2.18. The fourth-order valence-electron chi connectivity index (χ4n) is 2.78. The molecule has 1 amide bonds. The maximum Gasteiger partial charge on any atom is 0.408 e. The van der Waals surface area contributed by atoms with E-state index in [4.69, 9.17) is 21.5 Å². The standard InChI is InChI=1S/C14H13ClN2O5/c15-9-3-1-2-8(4-9)10-5-14(22-16-10)6-11(12(18)19)17(7-14)13(20)21/h1-5,11,16H,6-7H2,(H,18,19)(H,20,21)/t11?,14-/m1/s1. The van der Waals surface area contributed by atoms with Gasteiger partial charge in [0.2, 0.25) is 0 Å². The van der Waals surface area contributed by atoms with Crippen LogP contribution in [0.15, 0.2) is 30.3 Å². The monoisotopic (exact) mass is 324 g/mol. The molecule has 1 fully saturated rings. The summed E-state index contributed by atoms with van der Waals surface area (Å²) in [5.41, 5.74) is 3.18. The molecule has 22 heavy (non-hydrogen) atoms. The van der Waals surface area contributed by atoms with Crippen LogP contribution < -0.4 is 5.48 Å². The zero-order valence-electron chi connectivity index (χ0n) is 11.3. The molecule has 1 aromatic rings. The second-order valence-electron chi connectivity index (χ2n) is 5.31. The fraction of sp³-hybridized carbons (Fsp3) is 0.286. The molecule has 1 saturated heterocycles. The number of nitrogens with zero attached hydrogens (tertiary/aromatic N) is 1. The number of hydroxylamine groups is 1. The highest BCUT2D eigenvalue weighted by Crippen LogP contribution is 2.37. The Morgan fingerprint density at radius 2 is 2.18 bits per heavy atom. The maximum absolute atomic E-state index is 11.2. The minimum absolute atomic E-state index is 0.0453. The van der Waals surface area contributed by atoms with E-state index in [2.05, 4.69) is 5.48 Å². The van der Waals surface area contributed by atoms with Crippen LogP contribution in [0.1, 0.15) is 12.0 Å². The van der Waals surface area contributed by atoms with Crippen molar-refractivity contribution in [3.05, 3.63) is 40.9 Å². The van der Waals surface area contributed by atoms with E-state index in [9.17, 15) is 14.7 Å². The van der Waals surface area contributed by atoms with Crippen LogP contribution in [0.5, 0.6) is 0 Å². The Morgan fingerprint density at radius 3 is 2.77 bits per heavy atom. The van der Waals surface area contributed by atoms with E-state index in [0.29, 0.717) is 10.7 Å². The number of hydrogen-bond donors (Lipinski definition) is 3. The number of carbonyl (C=O) groups is 2. The highest BCUT2D eigenvalue weighted by atomic mass is 35.5. The Balaban J connectivity index is 1.90. The van der Waals surface area contributed by atoms with Crippen molar-refractivity contribution in [1.82, 2.24) is 10.4 Å². The molecular weight excluding hydrogens is 312 g/mol. The van der Waals surface area contributed by atoms with Crippen LogP contribution in [0, 0.1) is 0 Å². The van der Waals surface area contributed by atoms with Gasteiger partial charge in [-0.2, -0.15) is 0 Å². The number of carboxylic acids is 1. The number of nitrogens with one attached hydrogen (secondary N) is 1. The predicted octanol–water partition coefficient (Wildman–Crippen LogP) is 1.79. The summed E-state index contributed by atoms with van der Waals surface area (Å²) in [7, 11) is 0. The number of amides is 1. The molecule has 1 aromatic carbocycles. The topological polar surface area (TPSA) is 99.1 Å². The number of aliphatic carboxylic acids is 1. The van der Waals surface area contributed by atoms with E-state index < -0.39 is 23.7 Å². The minimum Gasteiger partial charge on any atom is -0.480 e. The van der Waals surface area contributed by atoms with Crippen molar-refractivity contribution in [1.29, 1.82) is 0 Å². The highest BCUT2D eigenvalue weighted by molar-refractivity contribution is 6.30. The molecule has 0 bridgehead atoms. The van der Waals surface area contributed by atoms with Gasteiger partial charge in [0.15, 0.2) is 0 Å². The van der Waals surface area contributed by atoms with Crippen LogP contribution in [0.3, 0.4) is 0 Å². The summed E-state index contributed by atoms with van der Waals surface area (Å²) in [5, 5.41) is 18.9. The summed E-state index contributed by atoms with van der Waals surface area (Å²) in [4.78, 5) is 28.8. The molecular formula is C14H13ClN2O5. The molecule has 0 aliphatic carbocycles. The number of benzene rings is 1. The van der Waals surface area contributed by atoms with Crippen LogP contribution in [0.2, 0.25) is 5.02 Å². The number of rotatable bonds is 2. The fourth-order valence-corrected chi connectivity index (χ4v) is 2.97. The van der Waals surface area contributed by atoms with E-state index >= 15 is 0 Å². The van der Waals surface area contributed by atoms with Crippen molar-refractivity contribution in [3.8, 4) is 0 Å². The molecule has 3 rings (SSSR count). The summed E-state index contributed by atoms with van der Waals surface area (Å²) in [6, 6.07) is 5.95. The normalized spacial score (nSPS) is 26.9. The first kappa shape index (κ1) is 14.7. The van der Waals surface area contributed by atoms with Crippen molar-refractivity contribution in [2.45, 2.75) is 18.1 Å². The van der Waals surface area contributed by atoms with E-state index in [1.165, 1.54) is 0 Å². The predicted molar refractivity (Wildman–Crippen MR) is 77.2 cm³/mol. The van der Waals surface area contributed by atoms with Gasteiger partial charge in [-0.3, -0.25) is 15.2 Å². The van der Waals surface area contributed by atoms with Gasteiger partial charge in [0.1, 0.15) is 11.6 Å². The molecule has 2 aliphatic rings. The van der Waals surface area contributed by atoms with Crippen molar-refractivity contribution in [3.63, 3.8) is 0 Å². The molecule has 2 atom stereocenters. The van der Waals surface area contributed by atoms with Gasteiger partial charge in [-0.1, -0.05) is 23.7 Å². The summed E-state index contributed by atoms with van der Waals surface area (Å²) in [5.74, 6) is -1.19. The zero-order chi connectivity index (χ0) is 15.9. The largest absolute Gasteiger partial charge is 0.480 e. The molecule has 7 nitrogen and oxygen atoms in total. The Hall–Kier alpha value is -2.25. The average molecular weight is 325 g/mol. The van der Waals surface area contributed by atoms with E-state index in [1.807, 2.05) is 6.07 Å². The molecule has 2 heterocycles. The van der Waals surface area contributed by atoms with Gasteiger partial charge >= 0.3 is 12.1 Å². The molecule has 1 unspecified atom stereocenters. The van der Waals surface area contributed by atoms with E-state index in [-0.39, 0.29) is 13.0 Å². The lowest BCUT2D eigenvalue weighted by molar-refractivity contribution is -0.141. The van der Waals surface area contributed by atoms with Gasteiger partial charge in [0, 0.05) is 17.0 Å². The van der Waals surface area contributed by atoms with Crippen LogP contribution >= 0.6 is 11.6 Å². The number of halogens is 1. The first-order chi connectivity index (χ1) is 10.4. The average Bonchev–Trinajstić information content (AvgIpc) is 3.04. The molecule has 2 aliphatic heterocycles. The van der Waals surface area contributed by atoms with Crippen LogP contribution in [-0.2, 0) is 9.63 Å². The van der Waals surface area contributed by atoms with Crippen LogP contribution in [0.4, 0.5) is 4.79 Å². The SMILES string of the molecule is O=C(O)C1C[C@]2(C=C(c3cccc(Cl)c3)NO2)CN1C(=O)O. The van der Waals surface area contributed by atoms with Gasteiger partial charge in [0.05, 0.1) is 12.2 Å². The number of likely N-dealkylation sites (tertiary alicyclic amines) is 1. The third kappa shape index (κ3) is 2.49. The van der Waals surface area contributed by atoms with E-state index in [1.54, 1.807) is 24.3 Å². The molecule has 116 valence electrons. The van der Waals surface area contributed by atoms with Crippen molar-refractivity contribution in [2.75, 3.05) is 6.54 Å². The first-order valence-electron chi connectivity index (χ1n) is 6.55. The van der Waals surface area contributed by atoms with Gasteiger partial charge in [-0.25, -0.2) is 9.59 Å². The van der Waals surface area contributed by atoms with E-state index in [0.717, 1.165) is 10.5 Å². The van der Waals surface area contributed by atoms with Crippen LogP contribution in [0.25, 0.3) is 5.70 Å². The molecule has 1 spiro atoms. The summed E-state index contributed by atoms with van der Waals surface area (Å²) in [6.45, 7) is -0.0453. The van der Waals surface area contributed by atoms with Crippen molar-refractivity contribution < 1.29 is 24.6 Å². The Kier molecular flexibility index (Phi) is 3.46. The lowest BCUT2D eigenvalue weighted by Crippen LogP contribution is -2.40. The molecule has 0 radical (unpaired) electrons. The second-order valence-corrected chi connectivity index (χ2v) is 5.74. The van der Waals surface area contributed by atoms with Crippen LogP contribution in [-0.4, -0.2) is 45.4 Å². The number of hydrogen-bond acceptors (Lipinski definition) is 4. The highest BCUT2D eigenvalue weighted by Gasteiger charge is 2.51. The first-order valence-corrected chi connectivity index (χ1v) is 6.93. The van der Waals surface area contributed by atoms with Crippen molar-refractivity contribution >= 4 is 29.4 Å². The third-order valence-electron chi connectivity index (χ3n) is 3.79. The summed E-state index contributed by atoms with van der Waals surface area (Å²) >= 11 is 5.94. The third-order valence-corrected chi connectivity index (χ3v) is 4.03. The van der Waals surface area contributed by atoms with Gasteiger partial charge < -0.3 is 10.2 Å². The Labute approximate surface area is 130 Å². The summed E-state index contributed by atoms with van der Waals surface area (Å²) in [6.07, 6.45) is 0.487. The molecule has 3 N–H and O–H groups in total. The second kappa shape index (κ2) is 5.19. The quantitative estimate of drug-likeness (QED) is 0.767. The van der Waals surface area contributed by atoms with Gasteiger partial charge in [-0.15, -0.1) is 0 Å². The van der Waals surface area contributed by atoms with Crippen molar-refractivity contribution in [2.24, 2.45) is 0 Å². The van der Waals surface area contributed by atoms with Gasteiger partial charge in [0.25, 0.3) is 0 Å². The lowest BCUT2D eigenvalue weighted by atomic mass is 9.98. The summed E-state index contributed by atoms with van der Waals surface area (Å²) < 4.78 is 0. The molecule has 0 aromatic heterocycles. The van der Waals surface area contributed by atoms with Gasteiger partial charge in [-0.05, 0) is 18.2 Å². The number of carboxylic acid groups (broad SMARTS) is 2. The zero-order valence-corrected chi connectivity index (χ0v) is 12.1.